The van der Waals surface area contributed by atoms with Gasteiger partial charge in [-0.3, -0.25) is 19.7 Å². The summed E-state index contributed by atoms with van der Waals surface area (Å²) in [5.41, 5.74) is 6.22. The first-order chi connectivity index (χ1) is 12.8. The molecule has 0 fully saturated rings. The summed E-state index contributed by atoms with van der Waals surface area (Å²) in [5, 5.41) is 13.8. The van der Waals surface area contributed by atoms with Crippen LogP contribution in [-0.2, 0) is 13.5 Å². The second kappa shape index (κ2) is 8.35. The second-order valence-corrected chi connectivity index (χ2v) is 5.90. The maximum atomic E-state index is 12.8. The van der Waals surface area contributed by atoms with Crippen LogP contribution in [0.3, 0.4) is 0 Å². The maximum absolute atomic E-state index is 12.8. The third-order valence-electron chi connectivity index (χ3n) is 4.03. The van der Waals surface area contributed by atoms with E-state index in [0.717, 1.165) is 18.1 Å². The van der Waals surface area contributed by atoms with Crippen LogP contribution in [0.15, 0.2) is 24.3 Å². The molecule has 2 amide bonds. The van der Waals surface area contributed by atoms with Gasteiger partial charge in [0.2, 0.25) is 0 Å². The van der Waals surface area contributed by atoms with E-state index in [-0.39, 0.29) is 22.7 Å². The van der Waals surface area contributed by atoms with Crippen molar-refractivity contribution in [3.05, 3.63) is 51.2 Å². The fourth-order valence-electron chi connectivity index (χ4n) is 2.79. The fourth-order valence-corrected chi connectivity index (χ4v) is 2.79. The molecule has 0 bridgehead atoms. The molecule has 0 radical (unpaired) electrons. The van der Waals surface area contributed by atoms with Crippen molar-refractivity contribution in [2.45, 2.75) is 26.7 Å². The van der Waals surface area contributed by atoms with Crippen LogP contribution in [0.1, 0.15) is 46.7 Å². The highest BCUT2D eigenvalue weighted by molar-refractivity contribution is 6.07. The van der Waals surface area contributed by atoms with E-state index in [4.69, 9.17) is 10.5 Å². The van der Waals surface area contributed by atoms with Gasteiger partial charge in [0.1, 0.15) is 17.3 Å². The van der Waals surface area contributed by atoms with Gasteiger partial charge in [-0.15, -0.1) is 0 Å². The summed E-state index contributed by atoms with van der Waals surface area (Å²) in [4.78, 5) is 34.9. The van der Waals surface area contributed by atoms with E-state index in [1.165, 1.54) is 16.7 Å². The molecule has 1 aromatic carbocycles. The summed E-state index contributed by atoms with van der Waals surface area (Å²) >= 11 is 0. The van der Waals surface area contributed by atoms with Crippen LogP contribution in [-0.4, -0.2) is 27.9 Å². The number of aryl methyl sites for hydroxylation is 1. The molecule has 0 aliphatic carbocycles. The lowest BCUT2D eigenvalue weighted by atomic mass is 10.1. The van der Waals surface area contributed by atoms with E-state index in [0.29, 0.717) is 18.8 Å². The number of hydrogen-bond acceptors (Lipinski definition) is 5. The number of nitro benzene ring substituents is 1. The standard InChI is InChI=1S/C18H22N4O5/c1-4-6-11-9-14(16(19)23)21(3)17(11)20-18(24)13-10-12(22(25)26)7-8-15(13)27-5-2/h7-10H,4-6H2,1-3H3,(H2,19,23)(H,20,24). The van der Waals surface area contributed by atoms with Crippen molar-refractivity contribution in [1.29, 1.82) is 0 Å². The highest BCUT2D eigenvalue weighted by Crippen LogP contribution is 2.27. The lowest BCUT2D eigenvalue weighted by Crippen LogP contribution is -2.19. The van der Waals surface area contributed by atoms with E-state index in [1.807, 2.05) is 6.92 Å². The van der Waals surface area contributed by atoms with E-state index in [9.17, 15) is 19.7 Å². The van der Waals surface area contributed by atoms with Crippen LogP contribution in [0.4, 0.5) is 11.5 Å². The van der Waals surface area contributed by atoms with Crippen molar-refractivity contribution < 1.29 is 19.2 Å². The zero-order valence-electron chi connectivity index (χ0n) is 15.4. The number of benzene rings is 1. The number of carbonyl (C=O) groups excluding carboxylic acids is 2. The van der Waals surface area contributed by atoms with Gasteiger partial charge in [0.05, 0.1) is 17.1 Å². The zero-order valence-corrected chi connectivity index (χ0v) is 15.4. The molecule has 0 aliphatic rings. The Balaban J connectivity index is 2.46. The number of aromatic nitrogens is 1. The molecular weight excluding hydrogens is 352 g/mol. The topological polar surface area (TPSA) is 129 Å². The number of nitrogens with zero attached hydrogens (tertiary/aromatic N) is 2. The van der Waals surface area contributed by atoms with Gasteiger partial charge < -0.3 is 20.4 Å². The Morgan fingerprint density at radius 3 is 2.56 bits per heavy atom. The number of rotatable bonds is 8. The highest BCUT2D eigenvalue weighted by atomic mass is 16.6. The summed E-state index contributed by atoms with van der Waals surface area (Å²) in [6.45, 7) is 4.02. The Morgan fingerprint density at radius 1 is 1.30 bits per heavy atom. The average Bonchev–Trinajstić information content (AvgIpc) is 2.92. The quantitative estimate of drug-likeness (QED) is 0.542. The van der Waals surface area contributed by atoms with E-state index < -0.39 is 16.7 Å². The number of carbonyl (C=O) groups is 2. The van der Waals surface area contributed by atoms with Crippen LogP contribution in [0.25, 0.3) is 0 Å². The minimum absolute atomic E-state index is 0.0373. The Hall–Kier alpha value is -3.36. The van der Waals surface area contributed by atoms with Crippen LogP contribution in [0.5, 0.6) is 5.75 Å². The average molecular weight is 374 g/mol. The Morgan fingerprint density at radius 2 is 2.00 bits per heavy atom. The molecule has 9 heteroatoms. The number of nitro groups is 1. The summed E-state index contributed by atoms with van der Waals surface area (Å²) < 4.78 is 6.92. The first-order valence-corrected chi connectivity index (χ1v) is 8.51. The third kappa shape index (κ3) is 4.25. The Labute approximate surface area is 156 Å². The van der Waals surface area contributed by atoms with E-state index in [2.05, 4.69) is 5.32 Å². The fraction of sp³-hybridized carbons (Fsp3) is 0.333. The normalized spacial score (nSPS) is 10.5. The number of amides is 2. The zero-order chi connectivity index (χ0) is 20.1. The molecule has 0 saturated carbocycles. The third-order valence-corrected chi connectivity index (χ3v) is 4.03. The molecular formula is C18H22N4O5. The van der Waals surface area contributed by atoms with E-state index in [1.54, 1.807) is 20.0 Å². The van der Waals surface area contributed by atoms with Gasteiger partial charge in [-0.25, -0.2) is 0 Å². The number of nitrogens with two attached hydrogens (primary N) is 1. The number of hydrogen-bond donors (Lipinski definition) is 2. The molecule has 9 nitrogen and oxygen atoms in total. The van der Waals surface area contributed by atoms with Crippen molar-refractivity contribution in [1.82, 2.24) is 4.57 Å². The van der Waals surface area contributed by atoms with Crippen molar-refractivity contribution in [2.24, 2.45) is 12.8 Å². The van der Waals surface area contributed by atoms with Gasteiger partial charge >= 0.3 is 0 Å². The van der Waals surface area contributed by atoms with Gasteiger partial charge in [-0.2, -0.15) is 0 Å². The molecule has 2 aromatic rings. The summed E-state index contributed by atoms with van der Waals surface area (Å²) in [6.07, 6.45) is 1.43. The number of nitrogens with one attached hydrogen (secondary N) is 1. The molecule has 3 N–H and O–H groups in total. The predicted molar refractivity (Wildman–Crippen MR) is 100 cm³/mol. The summed E-state index contributed by atoms with van der Waals surface area (Å²) in [5.74, 6) is -0.524. The number of ether oxygens (including phenoxy) is 1. The van der Waals surface area contributed by atoms with Crippen molar-refractivity contribution in [2.75, 3.05) is 11.9 Å². The SMILES string of the molecule is CCCc1cc(C(N)=O)n(C)c1NC(=O)c1cc([N+](=O)[O-])ccc1OCC. The molecule has 144 valence electrons. The highest BCUT2D eigenvalue weighted by Gasteiger charge is 2.22. The number of anilines is 1. The van der Waals surface area contributed by atoms with Crippen LogP contribution in [0.2, 0.25) is 0 Å². The first-order valence-electron chi connectivity index (χ1n) is 8.51. The summed E-state index contributed by atoms with van der Waals surface area (Å²) in [7, 11) is 1.62. The van der Waals surface area contributed by atoms with E-state index >= 15 is 0 Å². The van der Waals surface area contributed by atoms with Gasteiger partial charge in [0.25, 0.3) is 17.5 Å². The molecule has 0 unspecified atom stereocenters. The van der Waals surface area contributed by atoms with Gasteiger partial charge in [-0.05, 0) is 31.0 Å². The first kappa shape index (κ1) is 20.0. The smallest absolute Gasteiger partial charge is 0.270 e. The van der Waals surface area contributed by atoms with Gasteiger partial charge in [-0.1, -0.05) is 13.3 Å². The molecule has 0 saturated heterocycles. The molecule has 1 heterocycles. The lowest BCUT2D eigenvalue weighted by molar-refractivity contribution is -0.384. The Bertz CT molecular complexity index is 888. The molecule has 0 spiro atoms. The monoisotopic (exact) mass is 374 g/mol. The predicted octanol–water partition coefficient (Wildman–Crippen LogP) is 2.64. The molecule has 0 aliphatic heterocycles. The van der Waals surface area contributed by atoms with Crippen molar-refractivity contribution >= 4 is 23.3 Å². The maximum Gasteiger partial charge on any atom is 0.270 e. The largest absolute Gasteiger partial charge is 0.493 e. The summed E-state index contributed by atoms with van der Waals surface area (Å²) in [6, 6.07) is 5.47. The van der Waals surface area contributed by atoms with Crippen LogP contribution >= 0.6 is 0 Å². The van der Waals surface area contributed by atoms with Gasteiger partial charge in [0, 0.05) is 19.2 Å². The minimum Gasteiger partial charge on any atom is -0.493 e. The number of non-ortho nitro benzene ring substituents is 1. The van der Waals surface area contributed by atoms with Gasteiger partial charge in [0.15, 0.2) is 0 Å². The molecule has 1 aromatic heterocycles. The number of primary amides is 1. The second-order valence-electron chi connectivity index (χ2n) is 5.90. The minimum atomic E-state index is -0.610. The van der Waals surface area contributed by atoms with Crippen molar-refractivity contribution in [3.8, 4) is 5.75 Å². The van der Waals surface area contributed by atoms with Crippen molar-refractivity contribution in [3.63, 3.8) is 0 Å². The molecule has 2 rings (SSSR count). The molecule has 27 heavy (non-hydrogen) atoms. The van der Waals surface area contributed by atoms with Crippen LogP contribution in [0, 0.1) is 10.1 Å². The molecule has 0 atom stereocenters. The van der Waals surface area contributed by atoms with Crippen LogP contribution < -0.4 is 15.8 Å². The lowest BCUT2D eigenvalue weighted by Gasteiger charge is -2.13. The Kier molecular flexibility index (Phi) is 6.17.